The van der Waals surface area contributed by atoms with Crippen molar-refractivity contribution in [2.24, 2.45) is 0 Å². The Labute approximate surface area is 127 Å². The lowest BCUT2D eigenvalue weighted by Gasteiger charge is -2.09. The van der Waals surface area contributed by atoms with E-state index >= 15 is 0 Å². The number of aryl methyl sites for hydroxylation is 3. The predicted molar refractivity (Wildman–Crippen MR) is 82.7 cm³/mol. The van der Waals surface area contributed by atoms with Crippen LogP contribution in [0.3, 0.4) is 0 Å². The van der Waals surface area contributed by atoms with Gasteiger partial charge >= 0.3 is 5.97 Å². The summed E-state index contributed by atoms with van der Waals surface area (Å²) in [5, 5.41) is 8.97. The summed E-state index contributed by atoms with van der Waals surface area (Å²) in [4.78, 5) is 12.8. The highest BCUT2D eigenvalue weighted by Gasteiger charge is 2.19. The maximum Gasteiger partial charge on any atom is 0.335 e. The van der Waals surface area contributed by atoms with E-state index in [1.165, 1.54) is 29.5 Å². The Morgan fingerprint density at radius 1 is 1.19 bits per heavy atom. The molecule has 21 heavy (non-hydrogen) atoms. The van der Waals surface area contributed by atoms with Crippen molar-refractivity contribution in [1.82, 2.24) is 0 Å². The number of sulfonamides is 1. The fourth-order valence-electron chi connectivity index (χ4n) is 2.05. The Balaban J connectivity index is 2.35. The molecule has 1 aromatic carbocycles. The zero-order valence-electron chi connectivity index (χ0n) is 11.8. The molecule has 0 bridgehead atoms. The fourth-order valence-corrected chi connectivity index (χ4v) is 4.66. The van der Waals surface area contributed by atoms with Crippen molar-refractivity contribution < 1.29 is 18.3 Å². The summed E-state index contributed by atoms with van der Waals surface area (Å²) < 4.78 is 27.2. The zero-order valence-corrected chi connectivity index (χ0v) is 13.4. The summed E-state index contributed by atoms with van der Waals surface area (Å²) in [6.07, 6.45) is 0. The highest BCUT2D eigenvalue weighted by molar-refractivity contribution is 7.93. The van der Waals surface area contributed by atoms with E-state index in [1.54, 1.807) is 19.9 Å². The number of nitrogens with one attached hydrogen (secondary N) is 1. The molecule has 0 aliphatic rings. The van der Waals surface area contributed by atoms with Gasteiger partial charge in [-0.25, -0.2) is 13.2 Å². The molecule has 2 N–H and O–H groups in total. The van der Waals surface area contributed by atoms with Crippen molar-refractivity contribution in [3.05, 3.63) is 45.1 Å². The smallest absolute Gasteiger partial charge is 0.335 e. The van der Waals surface area contributed by atoms with Gasteiger partial charge in [-0.2, -0.15) is 0 Å². The first-order valence-corrected chi connectivity index (χ1v) is 8.44. The van der Waals surface area contributed by atoms with Gasteiger partial charge in [-0.3, -0.25) is 4.72 Å². The van der Waals surface area contributed by atoms with Crippen molar-refractivity contribution >= 4 is 33.0 Å². The summed E-state index contributed by atoms with van der Waals surface area (Å²) in [6, 6.07) is 5.97. The molecule has 5 nitrogen and oxygen atoms in total. The average Bonchev–Trinajstić information content (AvgIpc) is 2.68. The summed E-state index contributed by atoms with van der Waals surface area (Å²) in [6.45, 7) is 5.23. The molecule has 0 atom stereocenters. The molecule has 0 saturated carbocycles. The van der Waals surface area contributed by atoms with Crippen LogP contribution in [0.1, 0.15) is 25.7 Å². The predicted octanol–water partition coefficient (Wildman–Crippen LogP) is 3.17. The molecule has 1 aromatic heterocycles. The highest BCUT2D eigenvalue weighted by Crippen LogP contribution is 2.27. The number of aromatic carboxylic acids is 1. The van der Waals surface area contributed by atoms with Crippen molar-refractivity contribution in [1.29, 1.82) is 0 Å². The molecule has 0 aliphatic heterocycles. The molecular weight excluding hydrogens is 310 g/mol. The first-order valence-electron chi connectivity index (χ1n) is 6.14. The van der Waals surface area contributed by atoms with Crippen molar-refractivity contribution in [2.75, 3.05) is 4.72 Å². The van der Waals surface area contributed by atoms with Crippen molar-refractivity contribution in [2.45, 2.75) is 25.7 Å². The van der Waals surface area contributed by atoms with Crippen LogP contribution in [-0.2, 0) is 10.0 Å². The zero-order chi connectivity index (χ0) is 15.8. The van der Waals surface area contributed by atoms with Crippen molar-refractivity contribution in [3.8, 4) is 0 Å². The Hall–Kier alpha value is -1.86. The summed E-state index contributed by atoms with van der Waals surface area (Å²) in [7, 11) is -3.66. The number of thiophene rings is 1. The Kier molecular flexibility index (Phi) is 4.06. The average molecular weight is 325 g/mol. The summed E-state index contributed by atoms with van der Waals surface area (Å²) in [5.41, 5.74) is 1.00. The molecule has 0 fully saturated rings. The van der Waals surface area contributed by atoms with Crippen molar-refractivity contribution in [3.63, 3.8) is 0 Å². The minimum absolute atomic E-state index is 0.153. The minimum Gasteiger partial charge on any atom is -0.478 e. The van der Waals surface area contributed by atoms with Gasteiger partial charge in [0.15, 0.2) is 0 Å². The van der Waals surface area contributed by atoms with Crippen LogP contribution in [0.2, 0.25) is 0 Å². The van der Waals surface area contributed by atoms with Crippen LogP contribution in [0.15, 0.2) is 29.2 Å². The molecule has 0 aliphatic carbocycles. The number of hydrogen-bond donors (Lipinski definition) is 2. The maximum absolute atomic E-state index is 12.3. The number of carboxylic acids is 1. The van der Waals surface area contributed by atoms with Crippen LogP contribution in [0.5, 0.6) is 0 Å². The number of benzene rings is 1. The van der Waals surface area contributed by atoms with Gasteiger partial charge in [-0.15, -0.1) is 11.3 Å². The Morgan fingerprint density at radius 2 is 1.86 bits per heavy atom. The monoisotopic (exact) mass is 325 g/mol. The van der Waals surface area contributed by atoms with Crippen LogP contribution in [0, 0.1) is 20.8 Å². The van der Waals surface area contributed by atoms with E-state index in [2.05, 4.69) is 4.72 Å². The highest BCUT2D eigenvalue weighted by atomic mass is 32.2. The number of anilines is 1. The van der Waals surface area contributed by atoms with Gasteiger partial charge in [0.25, 0.3) is 10.0 Å². The lowest BCUT2D eigenvalue weighted by Crippen LogP contribution is -2.13. The van der Waals surface area contributed by atoms with Crippen LogP contribution >= 0.6 is 11.3 Å². The Bertz CT molecular complexity index is 806. The van der Waals surface area contributed by atoms with E-state index in [-0.39, 0.29) is 10.5 Å². The molecule has 0 unspecified atom stereocenters. The van der Waals surface area contributed by atoms with Gasteiger partial charge in [0.2, 0.25) is 0 Å². The topological polar surface area (TPSA) is 83.5 Å². The minimum atomic E-state index is -3.66. The van der Waals surface area contributed by atoms with E-state index in [0.717, 1.165) is 9.75 Å². The van der Waals surface area contributed by atoms with Crippen LogP contribution in [0.4, 0.5) is 5.69 Å². The Morgan fingerprint density at radius 3 is 2.33 bits per heavy atom. The number of carbonyl (C=O) groups is 1. The second-order valence-electron chi connectivity index (χ2n) is 4.72. The molecule has 112 valence electrons. The lowest BCUT2D eigenvalue weighted by atomic mass is 10.1. The molecule has 0 saturated heterocycles. The van der Waals surface area contributed by atoms with Gasteiger partial charge in [0.05, 0.1) is 5.56 Å². The van der Waals surface area contributed by atoms with Gasteiger partial charge in [0, 0.05) is 15.4 Å². The van der Waals surface area contributed by atoms with Crippen LogP contribution in [-0.4, -0.2) is 19.5 Å². The normalized spacial score (nSPS) is 11.4. The van der Waals surface area contributed by atoms with E-state index in [0.29, 0.717) is 11.3 Å². The lowest BCUT2D eigenvalue weighted by molar-refractivity contribution is 0.0696. The molecular formula is C14H15NO4S2. The second kappa shape index (κ2) is 5.50. The quantitative estimate of drug-likeness (QED) is 0.904. The van der Waals surface area contributed by atoms with E-state index < -0.39 is 16.0 Å². The summed E-state index contributed by atoms with van der Waals surface area (Å²) >= 11 is 1.42. The largest absolute Gasteiger partial charge is 0.478 e. The summed E-state index contributed by atoms with van der Waals surface area (Å²) in [5.74, 6) is -1.04. The van der Waals surface area contributed by atoms with Gasteiger partial charge in [-0.05, 0) is 50.6 Å². The second-order valence-corrected chi connectivity index (χ2v) is 7.83. The third-order valence-corrected chi connectivity index (χ3v) is 5.60. The maximum atomic E-state index is 12.3. The molecule has 0 spiro atoms. The molecule has 0 amide bonds. The molecule has 0 radical (unpaired) electrons. The molecule has 2 rings (SSSR count). The van der Waals surface area contributed by atoms with E-state index in [4.69, 9.17) is 5.11 Å². The third kappa shape index (κ3) is 3.25. The molecule has 1 heterocycles. The van der Waals surface area contributed by atoms with E-state index in [9.17, 15) is 13.2 Å². The molecule has 7 heteroatoms. The van der Waals surface area contributed by atoms with Crippen LogP contribution < -0.4 is 4.72 Å². The van der Waals surface area contributed by atoms with Gasteiger partial charge < -0.3 is 5.11 Å². The van der Waals surface area contributed by atoms with E-state index in [1.807, 2.05) is 6.92 Å². The first kappa shape index (κ1) is 15.5. The third-order valence-electron chi connectivity index (χ3n) is 2.99. The SMILES string of the molecule is Cc1cc(S(=O)(=O)Nc2ccc(C(=O)O)c(C)c2)c(C)s1. The number of rotatable bonds is 4. The van der Waals surface area contributed by atoms with Crippen LogP contribution in [0.25, 0.3) is 0 Å². The number of carboxylic acid groups (broad SMARTS) is 1. The van der Waals surface area contributed by atoms with Gasteiger partial charge in [-0.1, -0.05) is 0 Å². The molecule has 2 aromatic rings. The first-order chi connectivity index (χ1) is 9.70. The fraction of sp³-hybridized carbons (Fsp3) is 0.214. The number of hydrogen-bond acceptors (Lipinski definition) is 4. The van der Waals surface area contributed by atoms with Gasteiger partial charge in [0.1, 0.15) is 4.90 Å². The standard InChI is InChI=1S/C14H15NO4S2/c1-8-6-11(4-5-12(8)14(16)17)15-21(18,19)13-7-9(2)20-10(13)3/h4-7,15H,1-3H3,(H,16,17).